The molecule has 5 nitrogen and oxygen atoms in total. The van der Waals surface area contributed by atoms with Gasteiger partial charge in [-0.2, -0.15) is 0 Å². The molecule has 266 valence electrons. The maximum absolute atomic E-state index is 5.27. The minimum Gasteiger partial charge on any atom is -0.350 e. The number of amidine groups is 1. The molecule has 0 amide bonds. The average molecular weight is 720 g/mol. The lowest BCUT2D eigenvalue weighted by molar-refractivity contribution is 0.409. The van der Waals surface area contributed by atoms with E-state index in [2.05, 4.69) is 214 Å². The SMILES string of the molecule is c1ccc(C2=NC(c3cccc(-n4c5ccccc5c5cc6c7ccc(-c8ccccc8)cc7n(-c7ccccc7)c6cc54)c3)NC(c3ccccc3)N2)cc1. The zero-order valence-electron chi connectivity index (χ0n) is 30.5. The van der Waals surface area contributed by atoms with Crippen LogP contribution in [0.15, 0.2) is 205 Å². The van der Waals surface area contributed by atoms with E-state index in [1.165, 1.54) is 49.2 Å². The highest BCUT2D eigenvalue weighted by Crippen LogP contribution is 2.41. The summed E-state index contributed by atoms with van der Waals surface area (Å²) in [5.74, 6) is 0.872. The molecule has 1 aliphatic rings. The zero-order chi connectivity index (χ0) is 37.0. The van der Waals surface area contributed by atoms with E-state index in [0.717, 1.165) is 39.4 Å². The Morgan fingerprint density at radius 3 is 1.70 bits per heavy atom. The van der Waals surface area contributed by atoms with Gasteiger partial charge in [0.05, 0.1) is 22.1 Å². The number of benzene rings is 8. The molecule has 1 aliphatic heterocycles. The standard InChI is InChI=1S/C51H37N5/c1-5-16-34(17-6-1)37-28-29-42-44-32-43-41-26-13-14-27-45(41)56(48(43)33-47(44)55(46(42)31-37)39-23-11-4-12-24-39)40-25-15-22-38(30-40)51-53-49(35-18-7-2-8-19-35)52-50(54-51)36-20-9-3-10-21-36/h1-33,49,51,53H,(H,52,54). The molecule has 0 saturated heterocycles. The van der Waals surface area contributed by atoms with Crippen molar-refractivity contribution in [2.75, 3.05) is 0 Å². The Morgan fingerprint density at radius 2 is 0.946 bits per heavy atom. The number of nitrogens with zero attached hydrogens (tertiary/aromatic N) is 3. The van der Waals surface area contributed by atoms with Gasteiger partial charge in [-0.1, -0.05) is 152 Å². The van der Waals surface area contributed by atoms with Crippen LogP contribution in [0, 0.1) is 0 Å². The number of hydrogen-bond donors (Lipinski definition) is 2. The first kappa shape index (κ1) is 32.2. The Balaban J connectivity index is 1.11. The normalized spacial score (nSPS) is 15.7. The predicted molar refractivity (Wildman–Crippen MR) is 232 cm³/mol. The monoisotopic (exact) mass is 719 g/mol. The highest BCUT2D eigenvalue weighted by molar-refractivity contribution is 6.19. The summed E-state index contributed by atoms with van der Waals surface area (Å²) in [6.45, 7) is 0. The molecule has 2 N–H and O–H groups in total. The van der Waals surface area contributed by atoms with Crippen LogP contribution in [0.5, 0.6) is 0 Å². The highest BCUT2D eigenvalue weighted by atomic mass is 15.3. The van der Waals surface area contributed by atoms with E-state index in [4.69, 9.17) is 4.99 Å². The third kappa shape index (κ3) is 5.40. The summed E-state index contributed by atoms with van der Waals surface area (Å²) >= 11 is 0. The molecular weight excluding hydrogens is 683 g/mol. The van der Waals surface area contributed by atoms with E-state index >= 15 is 0 Å². The first-order chi connectivity index (χ1) is 27.8. The Bertz CT molecular complexity index is 3070. The van der Waals surface area contributed by atoms with Gasteiger partial charge in [0.1, 0.15) is 18.2 Å². The fraction of sp³-hybridized carbons (Fsp3) is 0.0392. The number of aliphatic imine (C=N–C) groups is 1. The third-order valence-corrected chi connectivity index (χ3v) is 11.2. The molecule has 0 saturated carbocycles. The van der Waals surface area contributed by atoms with Gasteiger partial charge in [-0.25, -0.2) is 4.99 Å². The molecule has 10 aromatic rings. The first-order valence-corrected chi connectivity index (χ1v) is 19.2. The molecule has 0 fully saturated rings. The maximum atomic E-state index is 5.27. The second kappa shape index (κ2) is 13.3. The molecule has 2 atom stereocenters. The van der Waals surface area contributed by atoms with Gasteiger partial charge in [-0.15, -0.1) is 0 Å². The van der Waals surface area contributed by atoms with Crippen LogP contribution in [-0.4, -0.2) is 15.0 Å². The molecule has 56 heavy (non-hydrogen) atoms. The first-order valence-electron chi connectivity index (χ1n) is 19.2. The number of fused-ring (bicyclic) bond motifs is 6. The third-order valence-electron chi connectivity index (χ3n) is 11.2. The van der Waals surface area contributed by atoms with Gasteiger partial charge in [0.25, 0.3) is 0 Å². The number of rotatable bonds is 6. The van der Waals surface area contributed by atoms with Crippen LogP contribution >= 0.6 is 0 Å². The number of para-hydroxylation sites is 2. The molecule has 0 bridgehead atoms. The van der Waals surface area contributed by atoms with E-state index in [0.29, 0.717) is 0 Å². The van der Waals surface area contributed by atoms with Crippen LogP contribution in [0.3, 0.4) is 0 Å². The average Bonchev–Trinajstić information content (AvgIpc) is 3.78. The number of aromatic nitrogens is 2. The summed E-state index contributed by atoms with van der Waals surface area (Å²) in [7, 11) is 0. The van der Waals surface area contributed by atoms with Crippen molar-refractivity contribution in [3.63, 3.8) is 0 Å². The molecule has 3 heterocycles. The zero-order valence-corrected chi connectivity index (χ0v) is 30.5. The minimum absolute atomic E-state index is 0.110. The predicted octanol–water partition coefficient (Wildman–Crippen LogP) is 11.9. The van der Waals surface area contributed by atoms with Gasteiger partial charge < -0.3 is 14.5 Å². The molecule has 0 aliphatic carbocycles. The lowest BCUT2D eigenvalue weighted by Gasteiger charge is -2.32. The lowest BCUT2D eigenvalue weighted by atomic mass is 10.0. The van der Waals surface area contributed by atoms with Gasteiger partial charge in [0, 0.05) is 38.5 Å². The summed E-state index contributed by atoms with van der Waals surface area (Å²) in [6.07, 6.45) is -0.378. The number of hydrogen-bond acceptors (Lipinski definition) is 3. The number of nitrogens with one attached hydrogen (secondary N) is 2. The fourth-order valence-electron chi connectivity index (χ4n) is 8.55. The Morgan fingerprint density at radius 1 is 0.375 bits per heavy atom. The van der Waals surface area contributed by atoms with Crippen molar-refractivity contribution in [2.24, 2.45) is 4.99 Å². The van der Waals surface area contributed by atoms with Crippen LogP contribution in [0.4, 0.5) is 0 Å². The molecule has 0 radical (unpaired) electrons. The van der Waals surface area contributed by atoms with E-state index in [1.807, 2.05) is 6.07 Å². The largest absolute Gasteiger partial charge is 0.350 e. The van der Waals surface area contributed by atoms with E-state index < -0.39 is 0 Å². The Hall–Kier alpha value is -7.21. The molecule has 2 unspecified atom stereocenters. The molecule has 11 rings (SSSR count). The van der Waals surface area contributed by atoms with Gasteiger partial charge >= 0.3 is 0 Å². The molecule has 2 aromatic heterocycles. The van der Waals surface area contributed by atoms with Crippen molar-refractivity contribution < 1.29 is 0 Å². The van der Waals surface area contributed by atoms with Crippen LogP contribution in [-0.2, 0) is 0 Å². The summed E-state index contributed by atoms with van der Waals surface area (Å²) in [5, 5.41) is 12.4. The maximum Gasteiger partial charge on any atom is 0.131 e. The van der Waals surface area contributed by atoms with Gasteiger partial charge in [0.15, 0.2) is 0 Å². The summed E-state index contributed by atoms with van der Waals surface area (Å²) in [6, 6.07) is 71.7. The summed E-state index contributed by atoms with van der Waals surface area (Å²) < 4.78 is 4.85. The molecular formula is C51H37N5. The van der Waals surface area contributed by atoms with Crippen LogP contribution < -0.4 is 10.6 Å². The van der Waals surface area contributed by atoms with Crippen LogP contribution in [0.1, 0.15) is 29.0 Å². The second-order valence-electron chi connectivity index (χ2n) is 14.5. The summed E-state index contributed by atoms with van der Waals surface area (Å²) in [5.41, 5.74) is 12.7. The van der Waals surface area contributed by atoms with Crippen molar-refractivity contribution in [2.45, 2.75) is 12.3 Å². The smallest absolute Gasteiger partial charge is 0.131 e. The lowest BCUT2D eigenvalue weighted by Crippen LogP contribution is -2.44. The fourth-order valence-corrected chi connectivity index (χ4v) is 8.55. The van der Waals surface area contributed by atoms with E-state index in [-0.39, 0.29) is 12.3 Å². The van der Waals surface area contributed by atoms with E-state index in [9.17, 15) is 0 Å². The quantitative estimate of drug-likeness (QED) is 0.180. The van der Waals surface area contributed by atoms with Gasteiger partial charge in [-0.05, 0) is 70.8 Å². The van der Waals surface area contributed by atoms with Crippen molar-refractivity contribution >= 4 is 49.4 Å². The van der Waals surface area contributed by atoms with Gasteiger partial charge in [0.2, 0.25) is 0 Å². The molecule has 0 spiro atoms. The van der Waals surface area contributed by atoms with Gasteiger partial charge in [-0.3, -0.25) is 5.32 Å². The highest BCUT2D eigenvalue weighted by Gasteiger charge is 2.26. The summed E-state index contributed by atoms with van der Waals surface area (Å²) in [4.78, 5) is 5.27. The Kier molecular flexibility index (Phi) is 7.64. The second-order valence-corrected chi connectivity index (χ2v) is 14.5. The van der Waals surface area contributed by atoms with E-state index in [1.54, 1.807) is 0 Å². The topological polar surface area (TPSA) is 46.3 Å². The van der Waals surface area contributed by atoms with Crippen LogP contribution in [0.25, 0.3) is 66.1 Å². The van der Waals surface area contributed by atoms with Crippen molar-refractivity contribution in [1.82, 2.24) is 19.8 Å². The molecule has 5 heteroatoms. The molecule has 8 aromatic carbocycles. The minimum atomic E-state index is -0.268. The van der Waals surface area contributed by atoms with Crippen molar-refractivity contribution in [3.05, 3.63) is 217 Å². The van der Waals surface area contributed by atoms with Crippen LogP contribution in [0.2, 0.25) is 0 Å². The van der Waals surface area contributed by atoms with Crippen molar-refractivity contribution in [3.8, 4) is 22.5 Å². The van der Waals surface area contributed by atoms with Crippen molar-refractivity contribution in [1.29, 1.82) is 0 Å². The Labute approximate surface area is 324 Å².